The van der Waals surface area contributed by atoms with E-state index >= 15 is 0 Å². The highest BCUT2D eigenvalue weighted by atomic mass is 16.6. The van der Waals surface area contributed by atoms with E-state index in [0.717, 1.165) is 0 Å². The Hall–Kier alpha value is -7.18. The topological polar surface area (TPSA) is 286 Å². The molecule has 0 unspecified atom stereocenters. The van der Waals surface area contributed by atoms with Crippen LogP contribution in [0, 0.1) is 5.92 Å². The summed E-state index contributed by atoms with van der Waals surface area (Å²) in [5.74, 6) is -6.88. The van der Waals surface area contributed by atoms with E-state index in [9.17, 15) is 47.9 Å². The smallest absolute Gasteiger partial charge is 0.323 e. The molecule has 0 amide bonds. The number of carbonyl (C=O) groups excluding carboxylic acids is 10. The lowest BCUT2D eigenvalue weighted by atomic mass is 9.88. The maximum Gasteiger partial charge on any atom is 0.323 e. The van der Waals surface area contributed by atoms with Gasteiger partial charge in [0.05, 0.1) is 24.3 Å². The lowest BCUT2D eigenvalue weighted by molar-refractivity contribution is -0.152. The molecule has 0 fully saturated rings. The molecular weight excluding hydrogens is 824 g/mol. The van der Waals surface area contributed by atoms with Crippen molar-refractivity contribution in [2.75, 3.05) is 26.4 Å². The maximum absolute atomic E-state index is 12.6. The summed E-state index contributed by atoms with van der Waals surface area (Å²) < 4.78 is 30.3. The number of benzene rings is 2. The molecule has 2 aliphatic carbocycles. The Bertz CT molecular complexity index is 2370. The second-order valence-electron chi connectivity index (χ2n) is 14.7. The van der Waals surface area contributed by atoms with Crippen LogP contribution in [-0.4, -0.2) is 97.1 Å². The summed E-state index contributed by atoms with van der Waals surface area (Å²) in [4.78, 5) is 122. The molecule has 18 nitrogen and oxygen atoms in total. The SMILES string of the molecule is CC(C)C[C@H](N)C(=O)OCCOC(=O)CC(=O)c1cc2c(o1)C(=O)c1ccccc1C2=O.CC[C@H](N)C(=O)OCCCOC(=O)CC(=O)c1cc2c(o1)C(=O)c1ccccc1C2=O. The summed E-state index contributed by atoms with van der Waals surface area (Å²) in [6, 6.07) is 13.5. The van der Waals surface area contributed by atoms with Crippen LogP contribution in [0.5, 0.6) is 0 Å². The molecule has 2 aromatic carbocycles. The average molecular weight is 869 g/mol. The molecule has 0 radical (unpaired) electrons. The largest absolute Gasteiger partial charge is 0.465 e. The quantitative estimate of drug-likeness (QED) is 0.0407. The highest BCUT2D eigenvalue weighted by molar-refractivity contribution is 6.29. The number of Topliss-reactive ketones (excluding diaryl/α,β-unsaturated/α-hetero) is 2. The Balaban J connectivity index is 0.000000238. The molecule has 18 heteroatoms. The summed E-state index contributed by atoms with van der Waals surface area (Å²) in [5.41, 5.74) is 12.0. The van der Waals surface area contributed by atoms with Gasteiger partial charge in [-0.25, -0.2) is 0 Å². The van der Waals surface area contributed by atoms with Crippen LogP contribution in [0.25, 0.3) is 0 Å². The van der Waals surface area contributed by atoms with E-state index < -0.39 is 83.5 Å². The normalized spacial score (nSPS) is 13.3. The summed E-state index contributed by atoms with van der Waals surface area (Å²) in [7, 11) is 0. The third-order valence-electron chi connectivity index (χ3n) is 9.52. The Morgan fingerprint density at radius 3 is 1.37 bits per heavy atom. The van der Waals surface area contributed by atoms with Gasteiger partial charge in [0.25, 0.3) is 0 Å². The molecule has 4 aromatic rings. The fraction of sp³-hybridized carbons (Fsp3) is 0.333. The molecule has 0 saturated carbocycles. The first-order valence-electron chi connectivity index (χ1n) is 19.9. The lowest BCUT2D eigenvalue weighted by Crippen LogP contribution is -2.34. The molecular formula is C45H44N2O16. The van der Waals surface area contributed by atoms with E-state index in [1.54, 1.807) is 31.2 Å². The second-order valence-corrected chi connectivity index (χ2v) is 14.7. The molecule has 2 aromatic heterocycles. The molecule has 0 spiro atoms. The first-order valence-corrected chi connectivity index (χ1v) is 19.9. The van der Waals surface area contributed by atoms with Crippen molar-refractivity contribution in [3.05, 3.63) is 117 Å². The first-order chi connectivity index (χ1) is 30.0. The number of esters is 4. The van der Waals surface area contributed by atoms with Crippen LogP contribution in [0.2, 0.25) is 0 Å². The standard InChI is InChI=1S/C23H23NO8.C22H21NO8/c1-12(2)9-16(24)23(29)31-8-7-30-19(26)11-17(25)18-10-15-20(27)13-5-3-4-6-14(13)21(28)22(15)32-18;1-2-15(23)22(28)30-9-5-8-29-18(25)11-16(24)17-10-14-19(26)12-6-3-4-7-13(12)20(27)21(14)31-17/h3-6,10,12,16H,7-9,11,24H2,1-2H3;3-4,6-7,10,15H,2,5,8-9,11,23H2,1H3/t16-;15-/m00/s1. The number of furan rings is 2. The number of hydrogen-bond donors (Lipinski definition) is 2. The Morgan fingerprint density at radius 1 is 0.540 bits per heavy atom. The number of hydrogen-bond acceptors (Lipinski definition) is 18. The zero-order chi connectivity index (χ0) is 46.0. The van der Waals surface area contributed by atoms with Crippen LogP contribution in [0.1, 0.15) is 138 Å². The molecule has 6 rings (SSSR count). The second kappa shape index (κ2) is 21.1. The summed E-state index contributed by atoms with van der Waals surface area (Å²) in [6.07, 6.45) is -0.116. The molecule has 63 heavy (non-hydrogen) atoms. The van der Waals surface area contributed by atoms with Gasteiger partial charge in [0.15, 0.2) is 34.6 Å². The van der Waals surface area contributed by atoms with Crippen molar-refractivity contribution in [2.45, 2.75) is 65.0 Å². The fourth-order valence-electron chi connectivity index (χ4n) is 6.26. The van der Waals surface area contributed by atoms with Crippen LogP contribution in [0.15, 0.2) is 69.5 Å². The van der Waals surface area contributed by atoms with Crippen molar-refractivity contribution >= 4 is 58.6 Å². The summed E-state index contributed by atoms with van der Waals surface area (Å²) in [6.45, 7) is 5.14. The van der Waals surface area contributed by atoms with E-state index in [2.05, 4.69) is 0 Å². The van der Waals surface area contributed by atoms with Gasteiger partial charge in [-0.3, -0.25) is 47.9 Å². The van der Waals surface area contributed by atoms with E-state index in [0.29, 0.717) is 12.8 Å². The van der Waals surface area contributed by atoms with Crippen LogP contribution < -0.4 is 11.5 Å². The van der Waals surface area contributed by atoms with Crippen LogP contribution in [0.3, 0.4) is 0 Å². The van der Waals surface area contributed by atoms with E-state index in [1.807, 2.05) is 13.8 Å². The average Bonchev–Trinajstić information content (AvgIpc) is 3.93. The monoisotopic (exact) mass is 868 g/mol. The number of fused-ring (bicyclic) bond motifs is 4. The van der Waals surface area contributed by atoms with E-state index in [-0.39, 0.29) is 95.2 Å². The predicted molar refractivity (Wildman–Crippen MR) is 216 cm³/mol. The van der Waals surface area contributed by atoms with Crippen molar-refractivity contribution in [1.29, 1.82) is 0 Å². The molecule has 0 bridgehead atoms. The summed E-state index contributed by atoms with van der Waals surface area (Å²) in [5, 5.41) is 0. The third-order valence-corrected chi connectivity index (χ3v) is 9.52. The van der Waals surface area contributed by atoms with Crippen molar-refractivity contribution in [3.63, 3.8) is 0 Å². The predicted octanol–water partition coefficient (Wildman–Crippen LogP) is 3.93. The van der Waals surface area contributed by atoms with Crippen molar-refractivity contribution < 1.29 is 75.7 Å². The van der Waals surface area contributed by atoms with E-state index in [1.165, 1.54) is 36.4 Å². The van der Waals surface area contributed by atoms with Gasteiger partial charge in [-0.15, -0.1) is 0 Å². The van der Waals surface area contributed by atoms with Gasteiger partial charge in [-0.05, 0) is 30.9 Å². The molecule has 2 atom stereocenters. The number of ether oxygens (including phenoxy) is 4. The van der Waals surface area contributed by atoms with Crippen LogP contribution in [0.4, 0.5) is 0 Å². The van der Waals surface area contributed by atoms with Gasteiger partial charge in [-0.2, -0.15) is 0 Å². The summed E-state index contributed by atoms with van der Waals surface area (Å²) >= 11 is 0. The van der Waals surface area contributed by atoms with E-state index in [4.69, 9.17) is 39.2 Å². The zero-order valence-electron chi connectivity index (χ0n) is 34.6. The van der Waals surface area contributed by atoms with Crippen molar-refractivity contribution in [2.24, 2.45) is 17.4 Å². The highest BCUT2D eigenvalue weighted by Crippen LogP contribution is 2.31. The van der Waals surface area contributed by atoms with Crippen molar-refractivity contribution in [1.82, 2.24) is 0 Å². The molecule has 2 heterocycles. The van der Waals surface area contributed by atoms with Gasteiger partial charge < -0.3 is 39.2 Å². The van der Waals surface area contributed by atoms with Gasteiger partial charge >= 0.3 is 23.9 Å². The molecule has 4 N–H and O–H groups in total. The minimum absolute atomic E-state index is 0.00693. The number of carbonyl (C=O) groups is 10. The minimum Gasteiger partial charge on any atom is -0.465 e. The molecule has 0 saturated heterocycles. The van der Waals surface area contributed by atoms with Gasteiger partial charge in [-0.1, -0.05) is 69.3 Å². The maximum atomic E-state index is 12.6. The van der Waals surface area contributed by atoms with Gasteiger partial charge in [0.1, 0.15) is 38.1 Å². The van der Waals surface area contributed by atoms with Crippen molar-refractivity contribution in [3.8, 4) is 0 Å². The van der Waals surface area contributed by atoms with Gasteiger partial charge in [0.2, 0.25) is 23.1 Å². The molecule has 2 aliphatic rings. The first kappa shape index (κ1) is 46.9. The number of rotatable bonds is 18. The Morgan fingerprint density at radius 2 is 0.921 bits per heavy atom. The molecule has 0 aliphatic heterocycles. The third kappa shape index (κ3) is 11.4. The fourth-order valence-corrected chi connectivity index (χ4v) is 6.26. The Labute approximate surface area is 359 Å². The van der Waals surface area contributed by atoms with Crippen LogP contribution >= 0.6 is 0 Å². The van der Waals surface area contributed by atoms with Gasteiger partial charge in [0, 0.05) is 28.7 Å². The number of nitrogens with two attached hydrogens (primary N) is 2. The molecule has 330 valence electrons. The Kier molecular flexibility index (Phi) is 15.7. The minimum atomic E-state index is -0.868. The highest BCUT2D eigenvalue weighted by Gasteiger charge is 2.36. The zero-order valence-corrected chi connectivity index (χ0v) is 34.6. The lowest BCUT2D eigenvalue weighted by Gasteiger charge is -2.13. The number of ketones is 6. The van der Waals surface area contributed by atoms with Crippen LogP contribution in [-0.2, 0) is 38.1 Å².